The van der Waals surface area contributed by atoms with E-state index in [1.165, 1.54) is 7.11 Å². The molecular weight excluding hydrogens is 691 g/mol. The lowest BCUT2D eigenvalue weighted by Gasteiger charge is -2.29. The van der Waals surface area contributed by atoms with E-state index in [-0.39, 0.29) is 29.8 Å². The number of likely N-dealkylation sites (tertiary alicyclic amines) is 2. The highest BCUT2D eigenvalue weighted by molar-refractivity contribution is 5.86. The number of hydrogen-bond donors (Lipinski definition) is 3. The minimum Gasteiger partial charge on any atom is -0.453 e. The van der Waals surface area contributed by atoms with E-state index in [2.05, 4.69) is 102 Å². The number of alkyl carbamates (subject to hydrolysis) is 1. The van der Waals surface area contributed by atoms with Gasteiger partial charge in [0.1, 0.15) is 17.7 Å². The summed E-state index contributed by atoms with van der Waals surface area (Å²) in [5, 5.41) is 2.70. The number of rotatable bonds is 11. The predicted molar refractivity (Wildman–Crippen MR) is 213 cm³/mol. The second kappa shape index (κ2) is 16.3. The lowest BCUT2D eigenvalue weighted by Crippen LogP contribution is -2.51. The smallest absolute Gasteiger partial charge is 0.407 e. The number of H-pyrrole nitrogens is 2. The highest BCUT2D eigenvalue weighted by atomic mass is 16.5. The molecule has 5 aromatic rings. The SMILES string of the molecule is COC(=O)N[C@H](C(=O)N1CCC[C@H]1c1nc(-c2ccc(-c3ccc(-c4ccc(-c5c[nH]c([C@@H]6CCCN6C(=O)CC(C)C)n5)cc4)cc3)cc2)c[nH]1)C(C)C. The number of carbonyl (C=O) groups excluding carboxylic acids is 3. The standard InChI is InChI=1S/C44H51N7O4/c1-27(2)24-39(52)50-22-6-8-37(50)41-45-25-35(47-41)33-18-14-31(15-19-33)29-10-12-30(13-11-29)32-16-20-34(21-17-32)36-26-46-42(48-36)38-9-7-23-51(38)43(53)40(28(3)4)49-44(54)55-5/h10-21,25-28,37-38,40H,6-9,22-24H2,1-5H3,(H,45,47)(H,46,48)(H,49,54)/t37-,38-,40-/m0/s1. The lowest BCUT2D eigenvalue weighted by atomic mass is 9.98. The van der Waals surface area contributed by atoms with Gasteiger partial charge in [0.25, 0.3) is 0 Å². The third-order valence-electron chi connectivity index (χ3n) is 10.8. The first-order chi connectivity index (χ1) is 26.6. The van der Waals surface area contributed by atoms with E-state index in [1.807, 2.05) is 36.0 Å². The van der Waals surface area contributed by atoms with Gasteiger partial charge in [0, 0.05) is 43.0 Å². The van der Waals surface area contributed by atoms with E-state index in [0.717, 1.165) is 88.6 Å². The minimum absolute atomic E-state index is 0.0154. The van der Waals surface area contributed by atoms with Crippen LogP contribution in [0.15, 0.2) is 85.2 Å². The quantitative estimate of drug-likeness (QED) is 0.124. The van der Waals surface area contributed by atoms with Crippen LogP contribution in [0, 0.1) is 11.8 Å². The Morgan fingerprint density at radius 1 is 0.691 bits per heavy atom. The van der Waals surface area contributed by atoms with Crippen LogP contribution in [-0.2, 0) is 14.3 Å². The molecule has 2 aromatic heterocycles. The average molecular weight is 742 g/mol. The van der Waals surface area contributed by atoms with Gasteiger partial charge in [-0.1, -0.05) is 100 Å². The molecule has 286 valence electrons. The number of benzene rings is 3. The molecule has 0 unspecified atom stereocenters. The van der Waals surface area contributed by atoms with Gasteiger partial charge in [-0.25, -0.2) is 14.8 Å². The van der Waals surface area contributed by atoms with Crippen molar-refractivity contribution in [2.75, 3.05) is 20.2 Å². The molecule has 2 aliphatic heterocycles. The van der Waals surface area contributed by atoms with Crippen molar-refractivity contribution in [2.24, 2.45) is 11.8 Å². The van der Waals surface area contributed by atoms with Crippen LogP contribution in [0.5, 0.6) is 0 Å². The summed E-state index contributed by atoms with van der Waals surface area (Å²) in [5.74, 6) is 1.94. The van der Waals surface area contributed by atoms with Gasteiger partial charge in [0.05, 0.1) is 30.6 Å². The molecule has 0 saturated carbocycles. The van der Waals surface area contributed by atoms with E-state index in [1.54, 1.807) is 0 Å². The molecular formula is C44H51N7O4. The Balaban J connectivity index is 0.983. The Kier molecular flexibility index (Phi) is 11.2. The van der Waals surface area contributed by atoms with Gasteiger partial charge in [-0.15, -0.1) is 0 Å². The minimum atomic E-state index is -0.672. The molecule has 2 aliphatic rings. The molecule has 3 amide bonds. The third kappa shape index (κ3) is 8.21. The predicted octanol–water partition coefficient (Wildman–Crippen LogP) is 8.55. The van der Waals surface area contributed by atoms with Gasteiger partial charge in [-0.2, -0.15) is 0 Å². The lowest BCUT2D eigenvalue weighted by molar-refractivity contribution is -0.135. The number of methoxy groups -OCH3 is 1. The number of carbonyl (C=O) groups is 3. The maximum Gasteiger partial charge on any atom is 0.407 e. The molecule has 55 heavy (non-hydrogen) atoms. The molecule has 2 saturated heterocycles. The van der Waals surface area contributed by atoms with Crippen molar-refractivity contribution in [3.05, 3.63) is 96.8 Å². The highest BCUT2D eigenvalue weighted by Gasteiger charge is 2.37. The van der Waals surface area contributed by atoms with Gasteiger partial charge < -0.3 is 29.8 Å². The van der Waals surface area contributed by atoms with E-state index >= 15 is 0 Å². The largest absolute Gasteiger partial charge is 0.453 e. The topological polar surface area (TPSA) is 136 Å². The van der Waals surface area contributed by atoms with Crippen molar-refractivity contribution in [3.8, 4) is 44.8 Å². The van der Waals surface area contributed by atoms with Crippen molar-refractivity contribution in [3.63, 3.8) is 0 Å². The van der Waals surface area contributed by atoms with Crippen LogP contribution < -0.4 is 5.32 Å². The Labute approximate surface area is 322 Å². The van der Waals surface area contributed by atoms with Crippen LogP contribution in [0.3, 0.4) is 0 Å². The molecule has 7 rings (SSSR count). The van der Waals surface area contributed by atoms with Crippen molar-refractivity contribution in [2.45, 2.75) is 77.9 Å². The van der Waals surface area contributed by atoms with Crippen LogP contribution in [-0.4, -0.2) is 73.9 Å². The van der Waals surface area contributed by atoms with E-state index < -0.39 is 12.1 Å². The van der Waals surface area contributed by atoms with E-state index in [9.17, 15) is 14.4 Å². The Hall–Kier alpha value is -5.71. The summed E-state index contributed by atoms with van der Waals surface area (Å²) in [6.45, 7) is 9.39. The first-order valence-electron chi connectivity index (χ1n) is 19.5. The van der Waals surface area contributed by atoms with Crippen molar-refractivity contribution >= 4 is 17.9 Å². The van der Waals surface area contributed by atoms with Crippen LogP contribution in [0.1, 0.15) is 83.5 Å². The molecule has 2 fully saturated rings. The zero-order chi connectivity index (χ0) is 38.6. The van der Waals surface area contributed by atoms with Crippen molar-refractivity contribution in [1.29, 1.82) is 0 Å². The number of amides is 3. The monoisotopic (exact) mass is 741 g/mol. The number of nitrogens with zero attached hydrogens (tertiary/aromatic N) is 4. The molecule has 4 heterocycles. The first kappa shape index (κ1) is 37.6. The van der Waals surface area contributed by atoms with Crippen LogP contribution in [0.2, 0.25) is 0 Å². The number of hydrogen-bond acceptors (Lipinski definition) is 6. The fourth-order valence-corrected chi connectivity index (χ4v) is 7.84. The number of imidazole rings is 2. The summed E-state index contributed by atoms with van der Waals surface area (Å²) in [4.78, 5) is 58.6. The highest BCUT2D eigenvalue weighted by Crippen LogP contribution is 2.35. The summed E-state index contributed by atoms with van der Waals surface area (Å²) in [7, 11) is 1.30. The fourth-order valence-electron chi connectivity index (χ4n) is 7.84. The van der Waals surface area contributed by atoms with Gasteiger partial charge >= 0.3 is 6.09 Å². The molecule has 0 spiro atoms. The molecule has 11 nitrogen and oxygen atoms in total. The number of aromatic nitrogens is 4. The summed E-state index contributed by atoms with van der Waals surface area (Å²) in [6.07, 6.45) is 7.39. The van der Waals surface area contributed by atoms with Gasteiger partial charge in [-0.3, -0.25) is 9.59 Å². The molecule has 3 aromatic carbocycles. The molecule has 0 aliphatic carbocycles. The van der Waals surface area contributed by atoms with Gasteiger partial charge in [-0.05, 0) is 59.8 Å². The Bertz CT molecular complexity index is 2100. The van der Waals surface area contributed by atoms with Crippen LogP contribution in [0.25, 0.3) is 44.8 Å². The molecule has 0 bridgehead atoms. The zero-order valence-electron chi connectivity index (χ0n) is 32.3. The second-order valence-corrected chi connectivity index (χ2v) is 15.5. The van der Waals surface area contributed by atoms with Crippen LogP contribution >= 0.6 is 0 Å². The molecule has 3 N–H and O–H groups in total. The first-order valence-corrected chi connectivity index (χ1v) is 19.5. The Morgan fingerprint density at radius 3 is 1.53 bits per heavy atom. The number of aromatic amines is 2. The normalized spacial score (nSPS) is 17.6. The summed E-state index contributed by atoms with van der Waals surface area (Å²) in [5.41, 5.74) is 8.19. The van der Waals surface area contributed by atoms with Gasteiger partial charge in [0.2, 0.25) is 11.8 Å². The molecule has 11 heteroatoms. The molecule has 3 atom stereocenters. The summed E-state index contributed by atoms with van der Waals surface area (Å²) in [6, 6.07) is 24.5. The maximum absolute atomic E-state index is 13.5. The number of ether oxygens (including phenoxy) is 1. The summed E-state index contributed by atoms with van der Waals surface area (Å²) >= 11 is 0. The Morgan fingerprint density at radius 2 is 1.11 bits per heavy atom. The summed E-state index contributed by atoms with van der Waals surface area (Å²) < 4.78 is 4.76. The van der Waals surface area contributed by atoms with E-state index in [4.69, 9.17) is 14.7 Å². The fraction of sp³-hybridized carbons (Fsp3) is 0.386. The van der Waals surface area contributed by atoms with E-state index in [0.29, 0.717) is 18.9 Å². The molecule has 0 radical (unpaired) electrons. The van der Waals surface area contributed by atoms with Gasteiger partial charge in [0.15, 0.2) is 0 Å². The maximum atomic E-state index is 13.5. The second-order valence-electron chi connectivity index (χ2n) is 15.5. The third-order valence-corrected chi connectivity index (χ3v) is 10.8. The van der Waals surface area contributed by atoms with Crippen molar-refractivity contribution < 1.29 is 19.1 Å². The van der Waals surface area contributed by atoms with Crippen molar-refractivity contribution in [1.82, 2.24) is 35.1 Å². The number of nitrogens with one attached hydrogen (secondary N) is 3. The van der Waals surface area contributed by atoms with Crippen LogP contribution in [0.4, 0.5) is 4.79 Å². The zero-order valence-corrected chi connectivity index (χ0v) is 32.3. The average Bonchev–Trinajstić information content (AvgIpc) is 4.03.